The summed E-state index contributed by atoms with van der Waals surface area (Å²) >= 11 is 0. The van der Waals surface area contributed by atoms with E-state index in [9.17, 15) is 42.9 Å². The van der Waals surface area contributed by atoms with Crippen molar-refractivity contribution in [1.29, 1.82) is 0 Å². The van der Waals surface area contributed by atoms with Gasteiger partial charge in [-0.3, -0.25) is 18.9 Å². The highest BCUT2D eigenvalue weighted by molar-refractivity contribution is 7.66. The lowest BCUT2D eigenvalue weighted by Crippen LogP contribution is -2.53. The fourth-order valence-corrected chi connectivity index (χ4v) is 6.35. The molecule has 1 fully saturated rings. The van der Waals surface area contributed by atoms with Crippen LogP contribution in [0.5, 0.6) is 0 Å². The maximum atomic E-state index is 14.1. The van der Waals surface area contributed by atoms with E-state index in [0.29, 0.717) is 0 Å². The monoisotopic (exact) mass is 569 g/mol. The number of H-pyrrole nitrogens is 1. The molecule has 0 radical (unpaired) electrons. The second-order valence-corrected chi connectivity index (χ2v) is 11.9. The minimum absolute atomic E-state index is 0.244. The molecule has 0 aromatic carbocycles. The topological polar surface area (TPSA) is 299 Å². The number of nitrogens with zero attached hydrogens (tertiary/aromatic N) is 3. The highest BCUT2D eigenvalue weighted by Crippen LogP contribution is 2.66. The van der Waals surface area contributed by atoms with E-state index < -0.39 is 65.8 Å². The van der Waals surface area contributed by atoms with Gasteiger partial charge < -0.3 is 40.3 Å². The molecule has 23 heteroatoms. The van der Waals surface area contributed by atoms with Gasteiger partial charge in [-0.15, -0.1) is 0 Å². The van der Waals surface area contributed by atoms with Crippen molar-refractivity contribution in [3.63, 3.8) is 0 Å². The SMILES string of the molecule is C[C@]1(O)C(n2cnc3c(=O)[nH]c(N)nc32)O[C@](CF)(COP(=O)(O)OP(=O)(O)OP(=O)(O)O)[C@H]1O. The number of nitrogens with one attached hydrogen (secondary N) is 1. The van der Waals surface area contributed by atoms with Crippen molar-refractivity contribution in [2.45, 2.75) is 30.5 Å². The average Bonchev–Trinajstić information content (AvgIpc) is 3.16. The summed E-state index contributed by atoms with van der Waals surface area (Å²) in [5.74, 6) is -0.355. The van der Waals surface area contributed by atoms with E-state index in [0.717, 1.165) is 17.8 Å². The zero-order valence-electron chi connectivity index (χ0n) is 17.2. The molecule has 6 atom stereocenters. The number of nitrogens with two attached hydrogens (primary N) is 1. The van der Waals surface area contributed by atoms with Crippen LogP contribution in [0.2, 0.25) is 0 Å². The Morgan fingerprint density at radius 3 is 2.46 bits per heavy atom. The number of aromatic amines is 1. The number of halogens is 1. The van der Waals surface area contributed by atoms with Crippen LogP contribution >= 0.6 is 23.5 Å². The van der Waals surface area contributed by atoms with Gasteiger partial charge in [0.2, 0.25) is 5.95 Å². The number of rotatable bonds is 9. The van der Waals surface area contributed by atoms with Crippen LogP contribution in [-0.2, 0) is 31.6 Å². The Morgan fingerprint density at radius 2 is 1.89 bits per heavy atom. The predicted octanol–water partition coefficient (Wildman–Crippen LogP) is -1.61. The van der Waals surface area contributed by atoms with E-state index in [1.807, 2.05) is 0 Å². The van der Waals surface area contributed by atoms with Gasteiger partial charge in [0.05, 0.1) is 12.9 Å². The number of aliphatic hydroxyl groups excluding tert-OH is 1. The quantitative estimate of drug-likeness (QED) is 0.158. The number of anilines is 1. The lowest BCUT2D eigenvalue weighted by atomic mass is 9.88. The van der Waals surface area contributed by atoms with Gasteiger partial charge in [0.25, 0.3) is 5.56 Å². The van der Waals surface area contributed by atoms with Crippen molar-refractivity contribution in [3.8, 4) is 0 Å². The fourth-order valence-electron chi connectivity index (χ4n) is 3.28. The van der Waals surface area contributed by atoms with Gasteiger partial charge in [0.15, 0.2) is 23.0 Å². The van der Waals surface area contributed by atoms with E-state index in [-0.39, 0.29) is 17.1 Å². The molecule has 1 aliphatic heterocycles. The lowest BCUT2D eigenvalue weighted by molar-refractivity contribution is -0.135. The van der Waals surface area contributed by atoms with Crippen LogP contribution in [0.25, 0.3) is 11.2 Å². The van der Waals surface area contributed by atoms with Crippen molar-refractivity contribution in [2.75, 3.05) is 19.0 Å². The number of imidazole rings is 1. The summed E-state index contributed by atoms with van der Waals surface area (Å²) < 4.78 is 66.1. The maximum absolute atomic E-state index is 14.1. The zero-order chi connectivity index (χ0) is 26.6. The van der Waals surface area contributed by atoms with Crippen LogP contribution in [0, 0.1) is 0 Å². The molecule has 35 heavy (non-hydrogen) atoms. The summed E-state index contributed by atoms with van der Waals surface area (Å²) in [7, 11) is -17.2. The number of aromatic nitrogens is 4. The number of phosphoric ester groups is 1. The van der Waals surface area contributed by atoms with Gasteiger partial charge in [0, 0.05) is 0 Å². The summed E-state index contributed by atoms with van der Waals surface area (Å²) in [6, 6.07) is 0. The Bertz CT molecular complexity index is 1330. The number of hydrogen-bond donors (Lipinski definition) is 8. The lowest BCUT2D eigenvalue weighted by Gasteiger charge is -2.31. The average molecular weight is 569 g/mol. The maximum Gasteiger partial charge on any atom is 0.490 e. The number of fused-ring (bicyclic) bond motifs is 1. The van der Waals surface area contributed by atoms with Gasteiger partial charge in [0.1, 0.15) is 18.4 Å². The molecule has 19 nitrogen and oxygen atoms in total. The van der Waals surface area contributed by atoms with Crippen LogP contribution in [0.1, 0.15) is 13.2 Å². The minimum Gasteiger partial charge on any atom is -0.387 e. The predicted molar refractivity (Wildman–Crippen MR) is 108 cm³/mol. The standard InChI is InChI=1S/C12H19FN5O14P3/c1-11(21)8(20)12(2-13,3-29-34(25,26)32-35(27,28)31-33(22,23)24)30-9(11)18-4-15-5-6(18)16-10(14)17-7(5)19/h4,8-9,20-21H,2-3H2,1H3,(H,25,26)(H,27,28)(H2,22,23,24)(H3,14,16,17,19)/t8-,9?,11+,12+/m0/s1. The largest absolute Gasteiger partial charge is 0.490 e. The Hall–Kier alpha value is -1.63. The third kappa shape index (κ3) is 5.70. The summed E-state index contributed by atoms with van der Waals surface area (Å²) in [6.07, 6.45) is -3.00. The normalized spacial score (nSPS) is 30.9. The Labute approximate surface area is 192 Å². The van der Waals surface area contributed by atoms with Crippen LogP contribution in [0.3, 0.4) is 0 Å². The highest BCUT2D eigenvalue weighted by atomic mass is 31.3. The second-order valence-electron chi connectivity index (χ2n) is 7.44. The molecule has 0 bridgehead atoms. The van der Waals surface area contributed by atoms with Gasteiger partial charge in [-0.2, -0.15) is 13.6 Å². The molecule has 2 aromatic rings. The molecule has 3 unspecified atom stereocenters. The first-order chi connectivity index (χ1) is 15.8. The molecule has 1 aliphatic rings. The van der Waals surface area contributed by atoms with Gasteiger partial charge in [-0.1, -0.05) is 0 Å². The summed E-state index contributed by atoms with van der Waals surface area (Å²) in [4.78, 5) is 57.7. The first-order valence-corrected chi connectivity index (χ1v) is 13.5. The van der Waals surface area contributed by atoms with E-state index in [1.165, 1.54) is 0 Å². The molecule has 0 saturated carbocycles. The van der Waals surface area contributed by atoms with Crippen molar-refractivity contribution in [2.24, 2.45) is 0 Å². The first-order valence-electron chi connectivity index (χ1n) is 8.97. The Balaban J connectivity index is 1.89. The molecule has 0 amide bonds. The molecule has 0 spiro atoms. The van der Waals surface area contributed by atoms with Crippen LogP contribution in [-0.4, -0.2) is 79.9 Å². The number of alkyl halides is 1. The number of phosphoric acid groups is 3. The number of nitrogen functional groups attached to an aromatic ring is 1. The van der Waals surface area contributed by atoms with Gasteiger partial charge in [-0.05, 0) is 6.92 Å². The van der Waals surface area contributed by atoms with Crippen molar-refractivity contribution >= 4 is 40.6 Å². The second kappa shape index (κ2) is 9.04. The number of ether oxygens (including phenoxy) is 1. The van der Waals surface area contributed by atoms with E-state index in [2.05, 4.69) is 28.1 Å². The third-order valence-corrected chi connectivity index (χ3v) is 8.50. The van der Waals surface area contributed by atoms with Gasteiger partial charge >= 0.3 is 23.5 Å². The molecule has 3 rings (SSSR count). The molecular formula is C12H19FN5O14P3. The zero-order valence-corrected chi connectivity index (χ0v) is 19.9. The number of aliphatic hydroxyl groups is 2. The Morgan fingerprint density at radius 1 is 1.26 bits per heavy atom. The highest BCUT2D eigenvalue weighted by Gasteiger charge is 2.63. The van der Waals surface area contributed by atoms with Crippen LogP contribution < -0.4 is 11.3 Å². The first kappa shape index (κ1) is 27.9. The summed E-state index contributed by atoms with van der Waals surface area (Å²) in [5.41, 5.74) is -0.797. The van der Waals surface area contributed by atoms with Crippen LogP contribution in [0.15, 0.2) is 11.1 Å². The van der Waals surface area contributed by atoms with E-state index in [1.54, 1.807) is 0 Å². The number of hydrogen-bond acceptors (Lipinski definition) is 13. The van der Waals surface area contributed by atoms with Crippen molar-refractivity contribution < 1.29 is 65.8 Å². The van der Waals surface area contributed by atoms with E-state index in [4.69, 9.17) is 20.3 Å². The third-order valence-electron chi connectivity index (χ3n) is 4.72. The summed E-state index contributed by atoms with van der Waals surface area (Å²) in [5, 5.41) is 21.5. The van der Waals surface area contributed by atoms with Crippen molar-refractivity contribution in [1.82, 2.24) is 19.5 Å². The molecule has 2 aromatic heterocycles. The van der Waals surface area contributed by atoms with E-state index >= 15 is 0 Å². The molecule has 9 N–H and O–H groups in total. The molecule has 3 heterocycles. The molecule has 1 saturated heterocycles. The summed E-state index contributed by atoms with van der Waals surface area (Å²) in [6.45, 7) is -2.11. The Kier molecular flexibility index (Phi) is 7.22. The van der Waals surface area contributed by atoms with Crippen LogP contribution in [0.4, 0.5) is 10.3 Å². The molecular weight excluding hydrogens is 550 g/mol. The smallest absolute Gasteiger partial charge is 0.387 e. The fraction of sp³-hybridized carbons (Fsp3) is 0.583. The van der Waals surface area contributed by atoms with Crippen molar-refractivity contribution in [3.05, 3.63) is 16.7 Å². The molecule has 198 valence electrons. The minimum atomic E-state index is -5.87. The van der Waals surface area contributed by atoms with Gasteiger partial charge in [-0.25, -0.2) is 23.1 Å². The molecule has 0 aliphatic carbocycles.